The van der Waals surface area contributed by atoms with E-state index in [1.165, 1.54) is 109 Å². The predicted molar refractivity (Wildman–Crippen MR) is 264 cm³/mol. The van der Waals surface area contributed by atoms with Crippen molar-refractivity contribution in [3.8, 4) is 44.8 Å². The summed E-state index contributed by atoms with van der Waals surface area (Å²) in [4.78, 5) is 0. The fourth-order valence-electron chi connectivity index (χ4n) is 10.2. The summed E-state index contributed by atoms with van der Waals surface area (Å²) in [5, 5.41) is 12.6. The fraction of sp³-hybridized carbons (Fsp3) is 0. The van der Waals surface area contributed by atoms with Crippen molar-refractivity contribution >= 4 is 75.9 Å². The number of fused-ring (bicyclic) bond motifs is 11. The Labute approximate surface area is 358 Å². The Bertz CT molecular complexity index is 3920. The van der Waals surface area contributed by atoms with E-state index in [-0.39, 0.29) is 0 Å². The number of hydrogen-bond acceptors (Lipinski definition) is 0. The van der Waals surface area contributed by atoms with Gasteiger partial charge in [0, 0.05) is 32.9 Å². The van der Waals surface area contributed by atoms with E-state index in [1.54, 1.807) is 0 Å². The van der Waals surface area contributed by atoms with Crippen LogP contribution in [0.5, 0.6) is 0 Å². The number of rotatable bonds is 5. The van der Waals surface area contributed by atoms with Crippen molar-refractivity contribution in [3.05, 3.63) is 231 Å². The Morgan fingerprint density at radius 1 is 0.210 bits per heavy atom. The van der Waals surface area contributed by atoms with E-state index in [9.17, 15) is 0 Å². The molecule has 62 heavy (non-hydrogen) atoms. The highest BCUT2D eigenvalue weighted by Gasteiger charge is 2.18. The summed E-state index contributed by atoms with van der Waals surface area (Å²) in [6.45, 7) is 0. The van der Waals surface area contributed by atoms with Gasteiger partial charge < -0.3 is 9.13 Å². The molecular formula is C60H38N2. The van der Waals surface area contributed by atoms with Crippen molar-refractivity contribution in [3.63, 3.8) is 0 Å². The minimum atomic E-state index is 1.15. The van der Waals surface area contributed by atoms with Crippen molar-refractivity contribution < 1.29 is 0 Å². The Balaban J connectivity index is 0.952. The first-order valence-corrected chi connectivity index (χ1v) is 21.4. The summed E-state index contributed by atoms with van der Waals surface area (Å²) in [6, 6.07) is 84.8. The summed E-state index contributed by atoms with van der Waals surface area (Å²) in [6.07, 6.45) is 0. The molecule has 0 aliphatic carbocycles. The highest BCUT2D eigenvalue weighted by molar-refractivity contribution is 6.21. The third-order valence-electron chi connectivity index (χ3n) is 13.1. The molecule has 0 radical (unpaired) electrons. The fourth-order valence-corrected chi connectivity index (χ4v) is 10.2. The molecule has 2 nitrogen and oxygen atoms in total. The highest BCUT2D eigenvalue weighted by Crippen LogP contribution is 2.41. The van der Waals surface area contributed by atoms with E-state index in [0.717, 1.165) is 11.4 Å². The van der Waals surface area contributed by atoms with Crippen molar-refractivity contribution in [1.29, 1.82) is 0 Å². The lowest BCUT2D eigenvalue weighted by Gasteiger charge is -2.15. The minimum Gasteiger partial charge on any atom is -0.309 e. The van der Waals surface area contributed by atoms with Gasteiger partial charge in [0.05, 0.1) is 22.1 Å². The highest BCUT2D eigenvalue weighted by atomic mass is 15.0. The van der Waals surface area contributed by atoms with Gasteiger partial charge in [-0.15, -0.1) is 0 Å². The molecule has 13 rings (SSSR count). The molecule has 0 N–H and O–H groups in total. The normalized spacial score (nSPS) is 11.9. The molecule has 0 bridgehead atoms. The van der Waals surface area contributed by atoms with Gasteiger partial charge in [-0.2, -0.15) is 0 Å². The SMILES string of the molecule is c1ccc(-c2cccc(-n3c4ccccc4c4cc(-c5ccc6c(c5)c5ccccc5n6-c5cccc(-c6cc7c8ccccc8ccc7c7ccccc67)c5)ccc43)c2)cc1. The summed E-state index contributed by atoms with van der Waals surface area (Å²) in [5.74, 6) is 0. The summed E-state index contributed by atoms with van der Waals surface area (Å²) >= 11 is 0. The van der Waals surface area contributed by atoms with Crippen LogP contribution in [0, 0.1) is 0 Å². The maximum absolute atomic E-state index is 2.44. The average Bonchev–Trinajstić information content (AvgIpc) is 3.86. The molecule has 288 valence electrons. The van der Waals surface area contributed by atoms with Gasteiger partial charge in [-0.05, 0) is 132 Å². The quantitative estimate of drug-likeness (QED) is 0.154. The molecule has 0 saturated carbocycles. The van der Waals surface area contributed by atoms with E-state index >= 15 is 0 Å². The molecule has 0 amide bonds. The van der Waals surface area contributed by atoms with Gasteiger partial charge in [0.2, 0.25) is 0 Å². The van der Waals surface area contributed by atoms with Crippen LogP contribution < -0.4 is 0 Å². The number of benzene rings is 11. The Morgan fingerprint density at radius 3 is 1.34 bits per heavy atom. The van der Waals surface area contributed by atoms with Crippen LogP contribution in [-0.4, -0.2) is 9.13 Å². The van der Waals surface area contributed by atoms with Crippen LogP contribution in [0.15, 0.2) is 231 Å². The maximum Gasteiger partial charge on any atom is 0.0541 e. The zero-order chi connectivity index (χ0) is 40.7. The van der Waals surface area contributed by atoms with Gasteiger partial charge in [-0.25, -0.2) is 0 Å². The third-order valence-corrected chi connectivity index (χ3v) is 13.1. The van der Waals surface area contributed by atoms with Crippen LogP contribution in [0.4, 0.5) is 0 Å². The molecule has 0 aliphatic rings. The lowest BCUT2D eigenvalue weighted by molar-refractivity contribution is 1.18. The molecule has 2 heterocycles. The second-order valence-electron chi connectivity index (χ2n) is 16.5. The number of aromatic nitrogens is 2. The van der Waals surface area contributed by atoms with Crippen molar-refractivity contribution in [1.82, 2.24) is 9.13 Å². The Morgan fingerprint density at radius 2 is 0.677 bits per heavy atom. The maximum atomic E-state index is 2.44. The molecule has 2 heteroatoms. The van der Waals surface area contributed by atoms with Crippen LogP contribution in [-0.2, 0) is 0 Å². The van der Waals surface area contributed by atoms with E-state index in [2.05, 4.69) is 240 Å². The van der Waals surface area contributed by atoms with Gasteiger partial charge in [0.1, 0.15) is 0 Å². The first kappa shape index (κ1) is 34.6. The second-order valence-corrected chi connectivity index (χ2v) is 16.5. The predicted octanol–water partition coefficient (Wildman–Crippen LogP) is 16.3. The summed E-state index contributed by atoms with van der Waals surface area (Å²) < 4.78 is 4.85. The minimum absolute atomic E-state index is 1.15. The van der Waals surface area contributed by atoms with E-state index < -0.39 is 0 Å². The van der Waals surface area contributed by atoms with E-state index in [4.69, 9.17) is 0 Å². The number of para-hydroxylation sites is 2. The molecule has 0 atom stereocenters. The lowest BCUT2D eigenvalue weighted by Crippen LogP contribution is -1.95. The van der Waals surface area contributed by atoms with Crippen LogP contribution in [0.1, 0.15) is 0 Å². The molecule has 13 aromatic rings. The molecule has 11 aromatic carbocycles. The summed E-state index contributed by atoms with van der Waals surface area (Å²) in [7, 11) is 0. The third kappa shape index (κ3) is 5.30. The van der Waals surface area contributed by atoms with E-state index in [0.29, 0.717) is 0 Å². The molecular weight excluding hydrogens is 749 g/mol. The smallest absolute Gasteiger partial charge is 0.0541 e. The topological polar surface area (TPSA) is 9.86 Å². The van der Waals surface area contributed by atoms with Gasteiger partial charge >= 0.3 is 0 Å². The van der Waals surface area contributed by atoms with Crippen LogP contribution >= 0.6 is 0 Å². The van der Waals surface area contributed by atoms with Crippen LogP contribution in [0.2, 0.25) is 0 Å². The van der Waals surface area contributed by atoms with Crippen molar-refractivity contribution in [2.75, 3.05) is 0 Å². The largest absolute Gasteiger partial charge is 0.309 e. The average molecular weight is 787 g/mol. The van der Waals surface area contributed by atoms with Gasteiger partial charge in [-0.1, -0.05) is 164 Å². The van der Waals surface area contributed by atoms with Crippen molar-refractivity contribution in [2.24, 2.45) is 0 Å². The first-order valence-electron chi connectivity index (χ1n) is 21.4. The Hall–Kier alpha value is -8.20. The molecule has 0 spiro atoms. The van der Waals surface area contributed by atoms with Gasteiger partial charge in [0.25, 0.3) is 0 Å². The van der Waals surface area contributed by atoms with Crippen LogP contribution in [0.3, 0.4) is 0 Å². The molecule has 2 aromatic heterocycles. The molecule has 0 unspecified atom stereocenters. The number of nitrogens with zero attached hydrogens (tertiary/aromatic N) is 2. The zero-order valence-electron chi connectivity index (χ0n) is 33.8. The van der Waals surface area contributed by atoms with Gasteiger partial charge in [0.15, 0.2) is 0 Å². The zero-order valence-corrected chi connectivity index (χ0v) is 33.8. The monoisotopic (exact) mass is 786 g/mol. The molecule has 0 saturated heterocycles. The number of hydrogen-bond donors (Lipinski definition) is 0. The van der Waals surface area contributed by atoms with Gasteiger partial charge in [-0.3, -0.25) is 0 Å². The second kappa shape index (κ2) is 13.7. The summed E-state index contributed by atoms with van der Waals surface area (Å²) in [5.41, 5.74) is 14.4. The lowest BCUT2D eigenvalue weighted by atomic mass is 9.91. The standard InChI is InChI=1S/C60H38N2/c1-2-14-39(15-3-1)41-17-12-19-45(34-41)61-57-26-10-8-24-51(57)55-36-42(29-32-59(55)61)43-30-33-60-56(37-43)52-25-9-11-27-58(52)62(60)46-20-13-18-44(35-46)53-38-54-47-21-5-4-16-40(47)28-31-50(54)48-22-6-7-23-49(48)53/h1-38H. The Kier molecular flexibility index (Phi) is 7.64. The molecule has 0 aliphatic heterocycles. The first-order chi connectivity index (χ1) is 30.7. The molecule has 0 fully saturated rings. The van der Waals surface area contributed by atoms with Crippen LogP contribution in [0.25, 0.3) is 121 Å². The van der Waals surface area contributed by atoms with Crippen molar-refractivity contribution in [2.45, 2.75) is 0 Å². The van der Waals surface area contributed by atoms with E-state index in [1.807, 2.05) is 0 Å².